The summed E-state index contributed by atoms with van der Waals surface area (Å²) < 4.78 is 6.81. The summed E-state index contributed by atoms with van der Waals surface area (Å²) in [5.74, 6) is 1.48. The zero-order valence-corrected chi connectivity index (χ0v) is 21.1. The first-order valence-corrected chi connectivity index (χ1v) is 13.4. The summed E-state index contributed by atoms with van der Waals surface area (Å²) in [7, 11) is 0. The fourth-order valence-electron chi connectivity index (χ4n) is 6.29. The first-order valence-electron chi connectivity index (χ1n) is 13.4. The van der Waals surface area contributed by atoms with E-state index in [4.69, 9.17) is 4.74 Å². The van der Waals surface area contributed by atoms with Gasteiger partial charge in [0.05, 0.1) is 24.5 Å². The highest BCUT2D eigenvalue weighted by atomic mass is 16.5. The predicted molar refractivity (Wildman–Crippen MR) is 144 cm³/mol. The molecule has 0 bridgehead atoms. The number of allylic oxidation sites excluding steroid dienone is 4. The maximum absolute atomic E-state index is 9.43. The Morgan fingerprint density at radius 1 is 1.17 bits per heavy atom. The summed E-state index contributed by atoms with van der Waals surface area (Å²) in [6.45, 7) is 4.09. The molecule has 0 saturated heterocycles. The van der Waals surface area contributed by atoms with Gasteiger partial charge >= 0.3 is 0 Å². The van der Waals surface area contributed by atoms with Crippen LogP contribution in [0.1, 0.15) is 57.6 Å². The summed E-state index contributed by atoms with van der Waals surface area (Å²) in [4.78, 5) is 6.75. The van der Waals surface area contributed by atoms with Crippen LogP contribution < -0.4 is 20.3 Å². The van der Waals surface area contributed by atoms with E-state index in [1.165, 1.54) is 41.8 Å². The molecule has 6 nitrogen and oxygen atoms in total. The third-order valence-electron chi connectivity index (χ3n) is 8.18. The van der Waals surface area contributed by atoms with Gasteiger partial charge in [-0.1, -0.05) is 18.6 Å². The van der Waals surface area contributed by atoms with Crippen LogP contribution in [0.5, 0.6) is 5.75 Å². The van der Waals surface area contributed by atoms with Crippen molar-refractivity contribution in [1.29, 1.82) is 0 Å². The molecule has 2 aromatic rings. The predicted octanol–water partition coefficient (Wildman–Crippen LogP) is 5.95. The molecular weight excluding hydrogens is 448 g/mol. The van der Waals surface area contributed by atoms with Crippen LogP contribution in [0.2, 0.25) is 0 Å². The number of pyridine rings is 1. The van der Waals surface area contributed by atoms with Gasteiger partial charge < -0.3 is 25.4 Å². The van der Waals surface area contributed by atoms with Crippen molar-refractivity contribution >= 4 is 17.1 Å². The zero-order chi connectivity index (χ0) is 24.5. The highest BCUT2D eigenvalue weighted by molar-refractivity contribution is 5.70. The summed E-state index contributed by atoms with van der Waals surface area (Å²) in [5.41, 5.74) is 7.89. The number of hydrogen-bond acceptors (Lipinski definition) is 6. The Labute approximate surface area is 213 Å². The van der Waals surface area contributed by atoms with Gasteiger partial charge in [0.25, 0.3) is 0 Å². The molecule has 1 aromatic heterocycles. The molecule has 2 aliphatic heterocycles. The van der Waals surface area contributed by atoms with Gasteiger partial charge in [0, 0.05) is 48.0 Å². The molecule has 0 amide bonds. The Hall–Kier alpha value is -3.25. The Morgan fingerprint density at radius 3 is 2.89 bits per heavy atom. The second kappa shape index (κ2) is 9.66. The van der Waals surface area contributed by atoms with Crippen LogP contribution in [0.15, 0.2) is 71.7 Å². The van der Waals surface area contributed by atoms with E-state index in [0.29, 0.717) is 11.6 Å². The monoisotopic (exact) mass is 484 g/mol. The Bertz CT molecular complexity index is 1230. The minimum Gasteiger partial charge on any atom is -0.483 e. The molecule has 1 spiro atoms. The Kier molecular flexibility index (Phi) is 6.22. The van der Waals surface area contributed by atoms with Crippen molar-refractivity contribution in [2.24, 2.45) is 5.92 Å². The first kappa shape index (κ1) is 23.2. The molecule has 1 unspecified atom stereocenters. The van der Waals surface area contributed by atoms with Crippen LogP contribution in [0.25, 0.3) is 0 Å². The van der Waals surface area contributed by atoms with Gasteiger partial charge in [-0.05, 0) is 80.9 Å². The quantitative estimate of drug-likeness (QED) is 0.471. The minimum absolute atomic E-state index is 0.0692. The second-order valence-electron chi connectivity index (χ2n) is 10.7. The number of nitrogens with zero attached hydrogens (tertiary/aromatic N) is 2. The number of benzene rings is 1. The van der Waals surface area contributed by atoms with Gasteiger partial charge in [-0.15, -0.1) is 0 Å². The largest absolute Gasteiger partial charge is 0.483 e. The number of hydrogen-bond donors (Lipinski definition) is 3. The van der Waals surface area contributed by atoms with Crippen LogP contribution >= 0.6 is 0 Å². The lowest BCUT2D eigenvalue weighted by molar-refractivity contribution is 0.0286. The highest BCUT2D eigenvalue weighted by Crippen LogP contribution is 2.45. The summed E-state index contributed by atoms with van der Waals surface area (Å²) in [6, 6.07) is 10.3. The zero-order valence-electron chi connectivity index (χ0n) is 21.1. The lowest BCUT2D eigenvalue weighted by atomic mass is 9.82. The van der Waals surface area contributed by atoms with Crippen LogP contribution in [0.3, 0.4) is 0 Å². The lowest BCUT2D eigenvalue weighted by Gasteiger charge is -2.47. The topological polar surface area (TPSA) is 69.7 Å². The number of aliphatic hydroxyl groups excluding tert-OH is 1. The Morgan fingerprint density at radius 2 is 2.03 bits per heavy atom. The smallest absolute Gasteiger partial charge is 0.145 e. The number of aliphatic hydroxyl groups is 1. The van der Waals surface area contributed by atoms with Gasteiger partial charge in [-0.2, -0.15) is 0 Å². The van der Waals surface area contributed by atoms with E-state index in [-0.39, 0.29) is 12.2 Å². The maximum Gasteiger partial charge on any atom is 0.145 e. The molecule has 1 aromatic carbocycles. The molecule has 1 atom stereocenters. The van der Waals surface area contributed by atoms with Crippen molar-refractivity contribution in [3.8, 4) is 5.75 Å². The standard InChI is InChI=1S/C30H36N4O2/c1-21-6-5-7-26-22(18-32-29(21)26)11-15-34-20-30(12-3-2-4-13-30)36-28-17-23(8-9-27(28)34)33-24-10-14-31-25(16-24)19-35/h5-6,8-10,14,16-18,26,32,35H,2-4,7,11-13,15,19-20H2,1H3,(H,31,33). The fraction of sp³-hybridized carbons (Fsp3) is 0.433. The fourth-order valence-corrected chi connectivity index (χ4v) is 6.29. The molecular formula is C30H36N4O2. The van der Waals surface area contributed by atoms with Crippen molar-refractivity contribution in [3.05, 3.63) is 77.4 Å². The van der Waals surface area contributed by atoms with Crippen LogP contribution in [-0.4, -0.2) is 28.8 Å². The summed E-state index contributed by atoms with van der Waals surface area (Å²) in [5, 5.41) is 16.5. The van der Waals surface area contributed by atoms with Gasteiger partial charge in [0.1, 0.15) is 11.4 Å². The molecule has 1 saturated carbocycles. The van der Waals surface area contributed by atoms with Crippen LogP contribution in [0.4, 0.5) is 17.1 Å². The number of aromatic nitrogens is 1. The van der Waals surface area contributed by atoms with Gasteiger partial charge in [-0.25, -0.2) is 0 Å². The maximum atomic E-state index is 9.43. The normalized spacial score (nSPS) is 22.0. The molecule has 3 heterocycles. The van der Waals surface area contributed by atoms with E-state index in [1.807, 2.05) is 12.1 Å². The molecule has 6 rings (SSSR count). The SMILES string of the molecule is CC1=C2NC=C(CCN3CC4(CCCCC4)Oc4cc(Nc5ccnc(CO)c5)ccc43)C2CC=C1. The molecule has 3 N–H and O–H groups in total. The molecule has 4 aliphatic rings. The number of fused-ring (bicyclic) bond motifs is 2. The number of ether oxygens (including phenoxy) is 1. The van der Waals surface area contributed by atoms with Crippen molar-refractivity contribution < 1.29 is 9.84 Å². The minimum atomic E-state index is -0.0951. The van der Waals surface area contributed by atoms with Crippen molar-refractivity contribution in [2.45, 2.75) is 64.1 Å². The van der Waals surface area contributed by atoms with E-state index >= 15 is 0 Å². The van der Waals surface area contributed by atoms with E-state index in [1.54, 1.807) is 6.20 Å². The van der Waals surface area contributed by atoms with E-state index in [9.17, 15) is 5.11 Å². The van der Waals surface area contributed by atoms with E-state index < -0.39 is 0 Å². The van der Waals surface area contributed by atoms with E-state index in [0.717, 1.165) is 55.9 Å². The average molecular weight is 485 g/mol. The highest BCUT2D eigenvalue weighted by Gasteiger charge is 2.41. The van der Waals surface area contributed by atoms with Crippen LogP contribution in [-0.2, 0) is 6.61 Å². The number of rotatable bonds is 6. The number of anilines is 3. The first-order chi connectivity index (χ1) is 17.6. The van der Waals surface area contributed by atoms with Gasteiger partial charge in [0.2, 0.25) is 0 Å². The third-order valence-corrected chi connectivity index (χ3v) is 8.18. The molecule has 0 radical (unpaired) electrons. The molecule has 188 valence electrons. The molecule has 36 heavy (non-hydrogen) atoms. The molecule has 1 fully saturated rings. The summed E-state index contributed by atoms with van der Waals surface area (Å²) in [6.07, 6.45) is 16.7. The van der Waals surface area contributed by atoms with Crippen molar-refractivity contribution in [1.82, 2.24) is 10.3 Å². The second-order valence-corrected chi connectivity index (χ2v) is 10.7. The average Bonchev–Trinajstić information content (AvgIpc) is 3.32. The van der Waals surface area contributed by atoms with Gasteiger partial charge in [0.15, 0.2) is 0 Å². The third kappa shape index (κ3) is 4.50. The van der Waals surface area contributed by atoms with Crippen molar-refractivity contribution in [2.75, 3.05) is 23.3 Å². The van der Waals surface area contributed by atoms with Gasteiger partial charge in [-0.3, -0.25) is 4.98 Å². The van der Waals surface area contributed by atoms with Crippen LogP contribution in [0, 0.1) is 5.92 Å². The molecule has 2 aliphatic carbocycles. The number of nitrogens with one attached hydrogen (secondary N) is 2. The van der Waals surface area contributed by atoms with Crippen molar-refractivity contribution in [3.63, 3.8) is 0 Å². The molecule has 6 heteroatoms. The lowest BCUT2D eigenvalue weighted by Crippen LogP contribution is -2.52. The Balaban J connectivity index is 1.24. The van der Waals surface area contributed by atoms with E-state index in [2.05, 4.69) is 64.0 Å². The summed E-state index contributed by atoms with van der Waals surface area (Å²) >= 11 is 0.